The first-order chi connectivity index (χ1) is 9.04. The van der Waals surface area contributed by atoms with E-state index < -0.39 is 4.92 Å². The molecular formula is C13H18ClN3O2. The van der Waals surface area contributed by atoms with E-state index in [1.807, 2.05) is 7.05 Å². The van der Waals surface area contributed by atoms with Crippen molar-refractivity contribution in [3.8, 4) is 0 Å². The maximum absolute atomic E-state index is 10.7. The topological polar surface area (TPSA) is 72.4 Å². The monoisotopic (exact) mass is 283 g/mol. The zero-order valence-corrected chi connectivity index (χ0v) is 11.6. The summed E-state index contributed by atoms with van der Waals surface area (Å²) in [6.07, 6.45) is 3.39. The van der Waals surface area contributed by atoms with Gasteiger partial charge in [-0.1, -0.05) is 18.0 Å². The quantitative estimate of drug-likeness (QED) is 0.681. The van der Waals surface area contributed by atoms with Crippen LogP contribution in [0.2, 0.25) is 5.02 Å². The Labute approximate surface area is 117 Å². The molecule has 1 aromatic carbocycles. The van der Waals surface area contributed by atoms with Gasteiger partial charge in [-0.3, -0.25) is 10.1 Å². The van der Waals surface area contributed by atoms with E-state index in [9.17, 15) is 10.1 Å². The summed E-state index contributed by atoms with van der Waals surface area (Å²) < 4.78 is 0. The number of hydrogen-bond acceptors (Lipinski definition) is 4. The lowest BCUT2D eigenvalue weighted by atomic mass is 10.0. The van der Waals surface area contributed by atoms with Crippen LogP contribution in [0.3, 0.4) is 0 Å². The van der Waals surface area contributed by atoms with Crippen LogP contribution >= 0.6 is 11.6 Å². The molecular weight excluding hydrogens is 266 g/mol. The van der Waals surface area contributed by atoms with Crippen molar-refractivity contribution in [2.45, 2.75) is 25.3 Å². The Morgan fingerprint density at radius 2 is 2.26 bits per heavy atom. The van der Waals surface area contributed by atoms with Crippen LogP contribution in [-0.2, 0) is 0 Å². The molecule has 104 valence electrons. The molecule has 1 saturated carbocycles. The molecule has 0 bridgehead atoms. The molecule has 1 aliphatic carbocycles. The Bertz CT molecular complexity index is 481. The number of hydrogen-bond donors (Lipinski definition) is 1. The van der Waals surface area contributed by atoms with Crippen LogP contribution in [0.4, 0.5) is 11.4 Å². The van der Waals surface area contributed by atoms with Crippen LogP contribution in [0.5, 0.6) is 0 Å². The molecule has 0 spiro atoms. The second kappa shape index (κ2) is 5.75. The van der Waals surface area contributed by atoms with Crippen LogP contribution in [0.15, 0.2) is 18.2 Å². The van der Waals surface area contributed by atoms with Crippen molar-refractivity contribution in [3.63, 3.8) is 0 Å². The minimum Gasteiger partial charge on any atom is -0.370 e. The highest BCUT2D eigenvalue weighted by Gasteiger charge is 2.30. The highest BCUT2D eigenvalue weighted by Crippen LogP contribution is 2.36. The van der Waals surface area contributed by atoms with Crippen molar-refractivity contribution >= 4 is 23.0 Å². The minimum absolute atomic E-state index is 0.0175. The Kier molecular flexibility index (Phi) is 4.27. The lowest BCUT2D eigenvalue weighted by Gasteiger charge is -2.31. The van der Waals surface area contributed by atoms with Gasteiger partial charge in [-0.05, 0) is 31.4 Å². The van der Waals surface area contributed by atoms with Crippen LogP contribution in [-0.4, -0.2) is 24.6 Å². The minimum atomic E-state index is -0.437. The Balaban J connectivity index is 2.24. The van der Waals surface area contributed by atoms with E-state index in [1.54, 1.807) is 6.07 Å². The van der Waals surface area contributed by atoms with Crippen molar-refractivity contribution in [1.29, 1.82) is 0 Å². The van der Waals surface area contributed by atoms with E-state index in [-0.39, 0.29) is 5.69 Å². The summed E-state index contributed by atoms with van der Waals surface area (Å²) >= 11 is 6.16. The summed E-state index contributed by atoms with van der Waals surface area (Å²) in [4.78, 5) is 12.4. The van der Waals surface area contributed by atoms with Gasteiger partial charge in [0.2, 0.25) is 0 Å². The fourth-order valence-electron chi connectivity index (χ4n) is 2.88. The molecule has 0 amide bonds. The van der Waals surface area contributed by atoms with Gasteiger partial charge in [0.05, 0.1) is 15.6 Å². The van der Waals surface area contributed by atoms with E-state index in [0.29, 0.717) is 23.5 Å². The van der Waals surface area contributed by atoms with Crippen LogP contribution in [0, 0.1) is 16.0 Å². The van der Waals surface area contributed by atoms with Gasteiger partial charge in [0.25, 0.3) is 5.69 Å². The molecule has 2 atom stereocenters. The number of non-ortho nitro benzene ring substituents is 1. The highest BCUT2D eigenvalue weighted by atomic mass is 35.5. The first-order valence-electron chi connectivity index (χ1n) is 6.41. The second-order valence-electron chi connectivity index (χ2n) is 5.00. The third kappa shape index (κ3) is 2.82. The van der Waals surface area contributed by atoms with Crippen LogP contribution < -0.4 is 10.6 Å². The molecule has 0 radical (unpaired) electrons. The molecule has 2 unspecified atom stereocenters. The SMILES string of the molecule is CN(c1ccc([N+](=O)[O-])cc1Cl)C1CCCC1CN. The lowest BCUT2D eigenvalue weighted by Crippen LogP contribution is -2.37. The van der Waals surface area contributed by atoms with Gasteiger partial charge in [-0.15, -0.1) is 0 Å². The van der Waals surface area contributed by atoms with Crippen LogP contribution in [0.1, 0.15) is 19.3 Å². The van der Waals surface area contributed by atoms with Gasteiger partial charge >= 0.3 is 0 Å². The summed E-state index contributed by atoms with van der Waals surface area (Å²) in [5.41, 5.74) is 6.64. The molecule has 1 aromatic rings. The predicted octanol–water partition coefficient (Wildman–Crippen LogP) is 2.81. The predicted molar refractivity (Wildman–Crippen MR) is 76.7 cm³/mol. The smallest absolute Gasteiger partial charge is 0.271 e. The van der Waals surface area contributed by atoms with Crippen molar-refractivity contribution in [1.82, 2.24) is 0 Å². The van der Waals surface area contributed by atoms with Gasteiger partial charge < -0.3 is 10.6 Å². The number of nitrogens with two attached hydrogens (primary N) is 1. The molecule has 2 N–H and O–H groups in total. The molecule has 2 rings (SSSR count). The van der Waals surface area contributed by atoms with E-state index in [0.717, 1.165) is 18.5 Å². The van der Waals surface area contributed by atoms with E-state index in [1.165, 1.54) is 18.6 Å². The highest BCUT2D eigenvalue weighted by molar-refractivity contribution is 6.33. The van der Waals surface area contributed by atoms with Crippen molar-refractivity contribution < 1.29 is 4.92 Å². The van der Waals surface area contributed by atoms with Crippen molar-refractivity contribution in [2.75, 3.05) is 18.5 Å². The molecule has 19 heavy (non-hydrogen) atoms. The van der Waals surface area contributed by atoms with Gasteiger partial charge in [-0.25, -0.2) is 0 Å². The zero-order chi connectivity index (χ0) is 14.0. The molecule has 0 heterocycles. The fourth-order valence-corrected chi connectivity index (χ4v) is 3.18. The largest absolute Gasteiger partial charge is 0.370 e. The summed E-state index contributed by atoms with van der Waals surface area (Å²) in [6, 6.07) is 4.97. The molecule has 5 nitrogen and oxygen atoms in total. The number of nitrogens with zero attached hydrogens (tertiary/aromatic N) is 2. The molecule has 0 aromatic heterocycles. The number of nitro benzene ring substituents is 1. The number of rotatable bonds is 4. The van der Waals surface area contributed by atoms with Crippen LogP contribution in [0.25, 0.3) is 0 Å². The number of benzene rings is 1. The normalized spacial score (nSPS) is 22.5. The second-order valence-corrected chi connectivity index (χ2v) is 5.40. The lowest BCUT2D eigenvalue weighted by molar-refractivity contribution is -0.384. The Morgan fingerprint density at radius 3 is 2.84 bits per heavy atom. The van der Waals surface area contributed by atoms with Gasteiger partial charge in [0.1, 0.15) is 0 Å². The summed E-state index contributed by atoms with van der Waals surface area (Å²) in [5, 5.41) is 11.1. The number of nitro groups is 1. The summed E-state index contributed by atoms with van der Waals surface area (Å²) in [5.74, 6) is 0.469. The van der Waals surface area contributed by atoms with Crippen molar-refractivity contribution in [3.05, 3.63) is 33.3 Å². The number of anilines is 1. The third-order valence-electron chi connectivity index (χ3n) is 3.94. The molecule has 0 saturated heterocycles. The zero-order valence-electron chi connectivity index (χ0n) is 10.9. The average Bonchev–Trinajstić information content (AvgIpc) is 2.85. The van der Waals surface area contributed by atoms with Gasteiger partial charge in [0, 0.05) is 25.2 Å². The third-order valence-corrected chi connectivity index (χ3v) is 4.24. The van der Waals surface area contributed by atoms with Gasteiger partial charge in [0.15, 0.2) is 0 Å². The Hall–Kier alpha value is -1.33. The molecule has 1 aliphatic rings. The fraction of sp³-hybridized carbons (Fsp3) is 0.538. The first-order valence-corrected chi connectivity index (χ1v) is 6.79. The summed E-state index contributed by atoms with van der Waals surface area (Å²) in [6.45, 7) is 0.666. The van der Waals surface area contributed by atoms with E-state index in [4.69, 9.17) is 17.3 Å². The maximum Gasteiger partial charge on any atom is 0.271 e. The molecule has 1 fully saturated rings. The maximum atomic E-state index is 10.7. The van der Waals surface area contributed by atoms with E-state index in [2.05, 4.69) is 4.90 Å². The first kappa shape index (κ1) is 14.1. The molecule has 6 heteroatoms. The summed E-state index contributed by atoms with van der Waals surface area (Å²) in [7, 11) is 1.98. The van der Waals surface area contributed by atoms with Gasteiger partial charge in [-0.2, -0.15) is 0 Å². The standard InChI is InChI=1S/C13H18ClN3O2/c1-16(12-4-2-3-9(12)8-15)13-6-5-10(17(18)19)7-11(13)14/h5-7,9,12H,2-4,8,15H2,1H3. The number of halogens is 1. The van der Waals surface area contributed by atoms with Crippen molar-refractivity contribution in [2.24, 2.45) is 11.7 Å². The molecule has 0 aliphatic heterocycles. The Morgan fingerprint density at radius 1 is 1.53 bits per heavy atom. The van der Waals surface area contributed by atoms with E-state index >= 15 is 0 Å². The average molecular weight is 284 g/mol.